The van der Waals surface area contributed by atoms with Crippen molar-refractivity contribution in [3.8, 4) is 0 Å². The highest BCUT2D eigenvalue weighted by molar-refractivity contribution is 7.20. The number of hydrogen-bond acceptors (Lipinski definition) is 4. The maximum atomic E-state index is 12.2. The fourth-order valence-corrected chi connectivity index (χ4v) is 4.42. The lowest BCUT2D eigenvalue weighted by molar-refractivity contribution is -0.149. The zero-order chi connectivity index (χ0) is 17.8. The third kappa shape index (κ3) is 4.22. The lowest BCUT2D eigenvalue weighted by Crippen LogP contribution is -2.44. The van der Waals surface area contributed by atoms with Crippen molar-refractivity contribution >= 4 is 51.0 Å². The van der Waals surface area contributed by atoms with E-state index < -0.39 is 5.97 Å². The van der Waals surface area contributed by atoms with Crippen LogP contribution in [0.25, 0.3) is 16.2 Å². The number of ether oxygens (including phenoxy) is 1. The van der Waals surface area contributed by atoms with Gasteiger partial charge in [0.05, 0.1) is 5.02 Å². The first-order valence-electron chi connectivity index (χ1n) is 8.37. The Morgan fingerprint density at radius 3 is 2.92 bits per heavy atom. The number of nitrogens with zero attached hydrogens (tertiary/aromatic N) is 1. The van der Waals surface area contributed by atoms with E-state index in [1.165, 1.54) is 17.4 Å². The Bertz CT molecular complexity index is 814. The van der Waals surface area contributed by atoms with E-state index in [-0.39, 0.29) is 18.6 Å². The van der Waals surface area contributed by atoms with Gasteiger partial charge in [-0.2, -0.15) is 0 Å². The molecule has 6 heteroatoms. The molecule has 3 rings (SSSR count). The van der Waals surface area contributed by atoms with Crippen LogP contribution in [0.4, 0.5) is 0 Å². The van der Waals surface area contributed by atoms with E-state index in [0.717, 1.165) is 40.8 Å². The van der Waals surface area contributed by atoms with Crippen LogP contribution in [0.5, 0.6) is 0 Å². The largest absolute Gasteiger partial charge is 0.452 e. The van der Waals surface area contributed by atoms with Gasteiger partial charge in [-0.25, -0.2) is 4.79 Å². The SMILES string of the molecule is CC1CCCCN1C(=O)COC(=O)/C=C/c1sc2ccccc2c1Cl. The Morgan fingerprint density at radius 2 is 2.16 bits per heavy atom. The van der Waals surface area contributed by atoms with Crippen LogP contribution in [-0.4, -0.2) is 36.0 Å². The van der Waals surface area contributed by atoms with Crippen LogP contribution in [0.15, 0.2) is 30.3 Å². The number of esters is 1. The van der Waals surface area contributed by atoms with Gasteiger partial charge < -0.3 is 9.64 Å². The molecule has 1 unspecified atom stereocenters. The van der Waals surface area contributed by atoms with Crippen molar-refractivity contribution in [3.63, 3.8) is 0 Å². The number of carbonyl (C=O) groups is 2. The highest BCUT2D eigenvalue weighted by Gasteiger charge is 2.23. The van der Waals surface area contributed by atoms with Crippen LogP contribution in [0.1, 0.15) is 31.1 Å². The molecule has 0 aliphatic carbocycles. The van der Waals surface area contributed by atoms with Gasteiger partial charge in [0, 0.05) is 33.6 Å². The number of amides is 1. The molecule has 1 aromatic carbocycles. The normalized spacial score (nSPS) is 18.0. The summed E-state index contributed by atoms with van der Waals surface area (Å²) in [6.07, 6.45) is 6.12. The minimum Gasteiger partial charge on any atom is -0.452 e. The number of benzene rings is 1. The molecule has 1 fully saturated rings. The topological polar surface area (TPSA) is 46.6 Å². The van der Waals surface area contributed by atoms with E-state index in [1.807, 2.05) is 31.2 Å². The van der Waals surface area contributed by atoms with Crippen LogP contribution in [-0.2, 0) is 14.3 Å². The molecule has 2 heterocycles. The summed E-state index contributed by atoms with van der Waals surface area (Å²) in [6, 6.07) is 8.02. The predicted octanol–water partition coefficient (Wildman–Crippen LogP) is 4.51. The van der Waals surface area contributed by atoms with Crippen LogP contribution < -0.4 is 0 Å². The minimum atomic E-state index is -0.536. The molecule has 0 bridgehead atoms. The van der Waals surface area contributed by atoms with Gasteiger partial charge in [0.25, 0.3) is 5.91 Å². The Morgan fingerprint density at radius 1 is 1.36 bits per heavy atom. The molecule has 0 spiro atoms. The molecule has 2 aromatic rings. The molecule has 0 radical (unpaired) electrons. The Balaban J connectivity index is 1.57. The second-order valence-electron chi connectivity index (χ2n) is 6.15. The van der Waals surface area contributed by atoms with Crippen LogP contribution >= 0.6 is 22.9 Å². The number of piperidine rings is 1. The van der Waals surface area contributed by atoms with E-state index >= 15 is 0 Å². The summed E-state index contributed by atoms with van der Waals surface area (Å²) < 4.78 is 6.15. The Labute approximate surface area is 156 Å². The third-order valence-electron chi connectivity index (χ3n) is 4.39. The third-order valence-corrected chi connectivity index (χ3v) is 6.05. The molecule has 1 aromatic heterocycles. The zero-order valence-electron chi connectivity index (χ0n) is 14.0. The predicted molar refractivity (Wildman–Crippen MR) is 102 cm³/mol. The first-order chi connectivity index (χ1) is 12.1. The fourth-order valence-electron chi connectivity index (χ4n) is 3.02. The summed E-state index contributed by atoms with van der Waals surface area (Å²) >= 11 is 7.84. The van der Waals surface area contributed by atoms with Crippen LogP contribution in [0, 0.1) is 0 Å². The van der Waals surface area contributed by atoms with Crippen molar-refractivity contribution in [2.75, 3.05) is 13.2 Å². The molecule has 1 aliphatic heterocycles. The summed E-state index contributed by atoms with van der Waals surface area (Å²) in [5.41, 5.74) is 0. The molecular formula is C19H20ClNO3S. The summed E-state index contributed by atoms with van der Waals surface area (Å²) in [5.74, 6) is -0.666. The number of rotatable bonds is 4. The monoisotopic (exact) mass is 377 g/mol. The van der Waals surface area contributed by atoms with Crippen molar-refractivity contribution in [2.24, 2.45) is 0 Å². The van der Waals surface area contributed by atoms with Gasteiger partial charge in [-0.3, -0.25) is 4.79 Å². The second-order valence-corrected chi connectivity index (χ2v) is 7.61. The van der Waals surface area contributed by atoms with E-state index in [1.54, 1.807) is 11.0 Å². The molecule has 0 saturated carbocycles. The van der Waals surface area contributed by atoms with Crippen molar-refractivity contribution in [1.82, 2.24) is 4.90 Å². The van der Waals surface area contributed by atoms with Crippen molar-refractivity contribution in [2.45, 2.75) is 32.2 Å². The standard InChI is InChI=1S/C19H20ClNO3S/c1-13-6-4-5-11-21(13)17(22)12-24-18(23)10-9-16-19(20)14-7-2-3-8-15(14)25-16/h2-3,7-10,13H,4-6,11-12H2,1H3/b10-9+. The molecule has 1 atom stereocenters. The van der Waals surface area contributed by atoms with Gasteiger partial charge >= 0.3 is 5.97 Å². The van der Waals surface area contributed by atoms with Crippen LogP contribution in [0.3, 0.4) is 0 Å². The average Bonchev–Trinajstić information content (AvgIpc) is 2.94. The first-order valence-corrected chi connectivity index (χ1v) is 9.57. The number of likely N-dealkylation sites (tertiary alicyclic amines) is 1. The molecule has 4 nitrogen and oxygen atoms in total. The summed E-state index contributed by atoms with van der Waals surface area (Å²) in [4.78, 5) is 26.7. The molecule has 1 saturated heterocycles. The maximum Gasteiger partial charge on any atom is 0.331 e. The van der Waals surface area contributed by atoms with Gasteiger partial charge in [0.2, 0.25) is 0 Å². The fraction of sp³-hybridized carbons (Fsp3) is 0.368. The Hall–Kier alpha value is -1.85. The van der Waals surface area contributed by atoms with Crippen molar-refractivity contribution < 1.29 is 14.3 Å². The molecule has 0 N–H and O–H groups in total. The Kier molecular flexibility index (Phi) is 5.76. The summed E-state index contributed by atoms with van der Waals surface area (Å²) in [6.45, 7) is 2.56. The number of fused-ring (bicyclic) bond motifs is 1. The second kappa shape index (κ2) is 8.02. The van der Waals surface area contributed by atoms with Gasteiger partial charge in [-0.1, -0.05) is 29.8 Å². The quantitative estimate of drug-likeness (QED) is 0.581. The lowest BCUT2D eigenvalue weighted by Gasteiger charge is -2.33. The van der Waals surface area contributed by atoms with E-state index in [0.29, 0.717) is 5.02 Å². The zero-order valence-corrected chi connectivity index (χ0v) is 15.6. The minimum absolute atomic E-state index is 0.131. The van der Waals surface area contributed by atoms with Gasteiger partial charge in [-0.05, 0) is 38.3 Å². The summed E-state index contributed by atoms with van der Waals surface area (Å²) in [7, 11) is 0. The van der Waals surface area contributed by atoms with Gasteiger partial charge in [0.15, 0.2) is 6.61 Å². The average molecular weight is 378 g/mol. The highest BCUT2D eigenvalue weighted by Crippen LogP contribution is 2.35. The molecule has 1 aliphatic rings. The number of thiophene rings is 1. The first kappa shape index (κ1) is 18.0. The van der Waals surface area contributed by atoms with Crippen molar-refractivity contribution in [3.05, 3.63) is 40.2 Å². The van der Waals surface area contributed by atoms with Crippen molar-refractivity contribution in [1.29, 1.82) is 0 Å². The van der Waals surface area contributed by atoms with Gasteiger partial charge in [-0.15, -0.1) is 11.3 Å². The number of hydrogen-bond donors (Lipinski definition) is 0. The molecule has 132 valence electrons. The van der Waals surface area contributed by atoms with E-state index in [9.17, 15) is 9.59 Å². The van der Waals surface area contributed by atoms with Crippen LogP contribution in [0.2, 0.25) is 5.02 Å². The molecular weight excluding hydrogens is 358 g/mol. The summed E-state index contributed by atoms with van der Waals surface area (Å²) in [5, 5.41) is 1.60. The highest BCUT2D eigenvalue weighted by atomic mass is 35.5. The number of carbonyl (C=O) groups excluding carboxylic acids is 2. The van der Waals surface area contributed by atoms with E-state index in [4.69, 9.17) is 16.3 Å². The lowest BCUT2D eigenvalue weighted by atomic mass is 10.0. The van der Waals surface area contributed by atoms with Gasteiger partial charge in [0.1, 0.15) is 0 Å². The smallest absolute Gasteiger partial charge is 0.331 e. The molecule has 25 heavy (non-hydrogen) atoms. The molecule has 1 amide bonds. The maximum absolute atomic E-state index is 12.2. The van der Waals surface area contributed by atoms with E-state index in [2.05, 4.69) is 0 Å². The number of halogens is 1.